The molecular weight excluding hydrogens is 230 g/mol. The summed E-state index contributed by atoms with van der Waals surface area (Å²) < 4.78 is 28.1. The van der Waals surface area contributed by atoms with Gasteiger partial charge in [-0.1, -0.05) is 6.92 Å². The van der Waals surface area contributed by atoms with Crippen LogP contribution in [-0.2, 0) is 21.8 Å². The number of nitrogens with two attached hydrogens (primary N) is 1. The molecule has 2 heterocycles. The zero-order valence-electron chi connectivity index (χ0n) is 9.14. The molecule has 0 unspecified atom stereocenters. The van der Waals surface area contributed by atoms with E-state index in [0.717, 1.165) is 0 Å². The van der Waals surface area contributed by atoms with Crippen LogP contribution in [-0.4, -0.2) is 30.1 Å². The Bertz CT molecular complexity index is 466. The lowest BCUT2D eigenvalue weighted by Gasteiger charge is -2.29. The number of rotatable bonds is 2. The summed E-state index contributed by atoms with van der Waals surface area (Å²) in [6.45, 7) is 2.16. The standard InChI is InChI=1S/C9H15N3O3S/c1-9(2-4-16(13,14)5-3-9)8-12-11-7(6-10)15-8/h2-6,10H2,1H3. The predicted octanol–water partition coefficient (Wildman–Crippen LogP) is -0.00540. The maximum Gasteiger partial charge on any atom is 0.230 e. The normalized spacial score (nSPS) is 23.1. The van der Waals surface area contributed by atoms with Gasteiger partial charge in [-0.15, -0.1) is 10.2 Å². The summed E-state index contributed by atoms with van der Waals surface area (Å²) in [6.07, 6.45) is 1.06. The van der Waals surface area contributed by atoms with Crippen molar-refractivity contribution in [3.05, 3.63) is 11.8 Å². The first-order valence-corrected chi connectivity index (χ1v) is 7.01. The molecule has 1 aromatic rings. The third-order valence-corrected chi connectivity index (χ3v) is 4.74. The fourth-order valence-electron chi connectivity index (χ4n) is 1.78. The Morgan fingerprint density at radius 3 is 2.50 bits per heavy atom. The van der Waals surface area contributed by atoms with Gasteiger partial charge in [-0.2, -0.15) is 0 Å². The van der Waals surface area contributed by atoms with E-state index in [1.165, 1.54) is 0 Å². The minimum Gasteiger partial charge on any atom is -0.423 e. The first-order chi connectivity index (χ1) is 7.45. The lowest BCUT2D eigenvalue weighted by atomic mass is 9.84. The lowest BCUT2D eigenvalue weighted by molar-refractivity contribution is 0.308. The summed E-state index contributed by atoms with van der Waals surface area (Å²) in [5.74, 6) is 1.26. The Morgan fingerprint density at radius 2 is 2.00 bits per heavy atom. The molecule has 0 aromatic carbocycles. The molecule has 0 spiro atoms. The van der Waals surface area contributed by atoms with Gasteiger partial charge in [0.1, 0.15) is 9.84 Å². The van der Waals surface area contributed by atoms with E-state index in [4.69, 9.17) is 10.2 Å². The zero-order valence-corrected chi connectivity index (χ0v) is 9.96. The summed E-state index contributed by atoms with van der Waals surface area (Å²) >= 11 is 0. The van der Waals surface area contributed by atoms with E-state index < -0.39 is 9.84 Å². The maximum atomic E-state index is 11.3. The highest BCUT2D eigenvalue weighted by Gasteiger charge is 2.38. The molecule has 0 saturated carbocycles. The van der Waals surface area contributed by atoms with Crippen molar-refractivity contribution in [1.29, 1.82) is 0 Å². The Kier molecular flexibility index (Phi) is 2.75. The van der Waals surface area contributed by atoms with Gasteiger partial charge in [0.2, 0.25) is 11.8 Å². The molecule has 0 atom stereocenters. The third kappa shape index (κ3) is 2.10. The molecule has 0 aliphatic carbocycles. The van der Waals surface area contributed by atoms with Gasteiger partial charge < -0.3 is 10.2 Å². The van der Waals surface area contributed by atoms with Crippen LogP contribution in [0.3, 0.4) is 0 Å². The first-order valence-electron chi connectivity index (χ1n) is 5.19. The van der Waals surface area contributed by atoms with Gasteiger partial charge in [0, 0.05) is 5.41 Å². The van der Waals surface area contributed by atoms with Crippen molar-refractivity contribution < 1.29 is 12.8 Å². The van der Waals surface area contributed by atoms with Gasteiger partial charge in [-0.3, -0.25) is 0 Å². The van der Waals surface area contributed by atoms with Gasteiger partial charge in [0.05, 0.1) is 18.1 Å². The molecule has 7 heteroatoms. The lowest BCUT2D eigenvalue weighted by Crippen LogP contribution is -2.34. The molecule has 1 aromatic heterocycles. The minimum absolute atomic E-state index is 0.184. The number of hydrogen-bond acceptors (Lipinski definition) is 6. The van der Waals surface area contributed by atoms with Crippen molar-refractivity contribution in [1.82, 2.24) is 10.2 Å². The molecule has 1 aliphatic heterocycles. The summed E-state index contributed by atoms with van der Waals surface area (Å²) in [7, 11) is -2.88. The van der Waals surface area contributed by atoms with E-state index in [0.29, 0.717) is 24.6 Å². The molecule has 0 bridgehead atoms. The van der Waals surface area contributed by atoms with Crippen LogP contribution < -0.4 is 5.73 Å². The van der Waals surface area contributed by atoms with Crippen LogP contribution >= 0.6 is 0 Å². The summed E-state index contributed by atoms with van der Waals surface area (Å²) in [4.78, 5) is 0. The SMILES string of the molecule is CC1(c2nnc(CN)o2)CCS(=O)(=O)CC1. The van der Waals surface area contributed by atoms with Crippen LogP contribution in [0, 0.1) is 0 Å². The second-order valence-corrected chi connectivity index (χ2v) is 6.72. The molecule has 1 aliphatic rings. The van der Waals surface area contributed by atoms with Crippen molar-refractivity contribution in [2.75, 3.05) is 11.5 Å². The number of hydrogen-bond donors (Lipinski definition) is 1. The van der Waals surface area contributed by atoms with Crippen molar-refractivity contribution >= 4 is 9.84 Å². The van der Waals surface area contributed by atoms with Crippen LogP contribution in [0.25, 0.3) is 0 Å². The van der Waals surface area contributed by atoms with Crippen molar-refractivity contribution in [2.24, 2.45) is 5.73 Å². The average molecular weight is 245 g/mol. The van der Waals surface area contributed by atoms with Crippen LogP contribution in [0.15, 0.2) is 4.42 Å². The summed E-state index contributed by atoms with van der Waals surface area (Å²) in [6, 6.07) is 0. The quantitative estimate of drug-likeness (QED) is 0.787. The van der Waals surface area contributed by atoms with Crippen molar-refractivity contribution in [3.8, 4) is 0 Å². The first kappa shape index (κ1) is 11.5. The topological polar surface area (TPSA) is 99.1 Å². The highest BCUT2D eigenvalue weighted by molar-refractivity contribution is 7.91. The van der Waals surface area contributed by atoms with E-state index in [1.54, 1.807) is 0 Å². The van der Waals surface area contributed by atoms with Gasteiger partial charge in [-0.25, -0.2) is 8.42 Å². The van der Waals surface area contributed by atoms with Crippen molar-refractivity contribution in [2.45, 2.75) is 31.7 Å². The maximum absolute atomic E-state index is 11.3. The largest absolute Gasteiger partial charge is 0.423 e. The van der Waals surface area contributed by atoms with Gasteiger partial charge in [-0.05, 0) is 12.8 Å². The van der Waals surface area contributed by atoms with Gasteiger partial charge in [0.15, 0.2) is 0 Å². The summed E-state index contributed by atoms with van der Waals surface area (Å²) in [5, 5.41) is 7.74. The Morgan fingerprint density at radius 1 is 1.38 bits per heavy atom. The van der Waals surface area contributed by atoms with Gasteiger partial charge >= 0.3 is 0 Å². The molecule has 90 valence electrons. The second kappa shape index (κ2) is 3.81. The number of aromatic nitrogens is 2. The minimum atomic E-state index is -2.88. The van der Waals surface area contributed by atoms with Gasteiger partial charge in [0.25, 0.3) is 0 Å². The summed E-state index contributed by atoms with van der Waals surface area (Å²) in [5.41, 5.74) is 5.06. The highest BCUT2D eigenvalue weighted by Crippen LogP contribution is 2.34. The molecule has 0 radical (unpaired) electrons. The van der Waals surface area contributed by atoms with E-state index in [2.05, 4.69) is 10.2 Å². The molecule has 1 saturated heterocycles. The average Bonchev–Trinajstić information content (AvgIpc) is 2.72. The van der Waals surface area contributed by atoms with Crippen LogP contribution in [0.2, 0.25) is 0 Å². The highest BCUT2D eigenvalue weighted by atomic mass is 32.2. The third-order valence-electron chi connectivity index (χ3n) is 3.09. The number of sulfone groups is 1. The molecule has 1 fully saturated rings. The fourth-order valence-corrected chi connectivity index (χ4v) is 3.51. The van der Waals surface area contributed by atoms with E-state index in [9.17, 15) is 8.42 Å². The van der Waals surface area contributed by atoms with E-state index in [1.807, 2.05) is 6.92 Å². The molecular formula is C9H15N3O3S. The van der Waals surface area contributed by atoms with Crippen LogP contribution in [0.1, 0.15) is 31.5 Å². The number of nitrogens with zero attached hydrogens (tertiary/aromatic N) is 2. The fraction of sp³-hybridized carbons (Fsp3) is 0.778. The van der Waals surface area contributed by atoms with Crippen LogP contribution in [0.5, 0.6) is 0 Å². The molecule has 2 rings (SSSR count). The zero-order chi connectivity index (χ0) is 11.8. The predicted molar refractivity (Wildman–Crippen MR) is 57.4 cm³/mol. The second-order valence-electron chi connectivity index (χ2n) is 4.42. The Hall–Kier alpha value is -0.950. The Balaban J connectivity index is 2.20. The molecule has 2 N–H and O–H groups in total. The van der Waals surface area contributed by atoms with E-state index >= 15 is 0 Å². The molecule has 0 amide bonds. The van der Waals surface area contributed by atoms with Crippen LogP contribution in [0.4, 0.5) is 0 Å². The molecule has 16 heavy (non-hydrogen) atoms. The Labute approximate surface area is 94.1 Å². The van der Waals surface area contributed by atoms with Crippen molar-refractivity contribution in [3.63, 3.8) is 0 Å². The smallest absolute Gasteiger partial charge is 0.230 e. The molecule has 6 nitrogen and oxygen atoms in total. The monoisotopic (exact) mass is 245 g/mol. The van der Waals surface area contributed by atoms with E-state index in [-0.39, 0.29) is 23.5 Å².